The van der Waals surface area contributed by atoms with Crippen molar-refractivity contribution in [3.05, 3.63) is 47.9 Å². The predicted molar refractivity (Wildman–Crippen MR) is 84.3 cm³/mol. The Morgan fingerprint density at radius 3 is 2.59 bits per heavy atom. The molecule has 0 aliphatic rings. The summed E-state index contributed by atoms with van der Waals surface area (Å²) in [4.78, 5) is 12.0. The van der Waals surface area contributed by atoms with Crippen molar-refractivity contribution in [2.24, 2.45) is 5.92 Å². The van der Waals surface area contributed by atoms with Gasteiger partial charge in [-0.1, -0.05) is 26.0 Å². The lowest BCUT2D eigenvalue weighted by molar-refractivity contribution is 0.102. The van der Waals surface area contributed by atoms with E-state index in [1.807, 2.05) is 0 Å². The molecular formula is C16H19FN4O. The molecular weight excluding hydrogens is 283 g/mol. The molecule has 0 spiro atoms. The summed E-state index contributed by atoms with van der Waals surface area (Å²) in [5.41, 5.74) is 0.256. The maximum atomic E-state index is 13.5. The zero-order chi connectivity index (χ0) is 15.9. The zero-order valence-corrected chi connectivity index (χ0v) is 12.6. The number of para-hydroxylation sites is 1. The molecule has 2 aromatic rings. The van der Waals surface area contributed by atoms with E-state index in [0.717, 1.165) is 13.0 Å². The molecule has 116 valence electrons. The molecule has 0 aliphatic heterocycles. The number of rotatable bonds is 6. The maximum absolute atomic E-state index is 13.5. The molecule has 1 amide bonds. The number of nitrogens with zero attached hydrogens (tertiary/aromatic N) is 2. The smallest absolute Gasteiger partial charge is 0.276 e. The first-order valence-corrected chi connectivity index (χ1v) is 7.19. The second kappa shape index (κ2) is 7.49. The first-order valence-electron chi connectivity index (χ1n) is 7.19. The second-order valence-electron chi connectivity index (χ2n) is 5.35. The van der Waals surface area contributed by atoms with E-state index in [2.05, 4.69) is 34.7 Å². The molecule has 0 bridgehead atoms. The highest BCUT2D eigenvalue weighted by Gasteiger charge is 2.10. The van der Waals surface area contributed by atoms with Crippen LogP contribution in [0.1, 0.15) is 30.8 Å². The highest BCUT2D eigenvalue weighted by atomic mass is 19.1. The van der Waals surface area contributed by atoms with Crippen molar-refractivity contribution in [3.8, 4) is 0 Å². The van der Waals surface area contributed by atoms with E-state index in [-0.39, 0.29) is 11.4 Å². The normalized spacial score (nSPS) is 10.5. The molecule has 0 radical (unpaired) electrons. The van der Waals surface area contributed by atoms with Crippen molar-refractivity contribution < 1.29 is 9.18 Å². The number of nitrogens with one attached hydrogen (secondary N) is 2. The molecule has 0 saturated heterocycles. The number of amides is 1. The van der Waals surface area contributed by atoms with Crippen molar-refractivity contribution in [3.63, 3.8) is 0 Å². The fourth-order valence-electron chi connectivity index (χ4n) is 1.79. The lowest BCUT2D eigenvalue weighted by Crippen LogP contribution is -2.16. The number of halogens is 1. The number of aromatic nitrogens is 2. The molecule has 2 N–H and O–H groups in total. The lowest BCUT2D eigenvalue weighted by Gasteiger charge is -2.08. The average molecular weight is 302 g/mol. The number of carbonyl (C=O) groups is 1. The van der Waals surface area contributed by atoms with E-state index in [4.69, 9.17) is 0 Å². The molecule has 0 atom stereocenters. The van der Waals surface area contributed by atoms with E-state index in [9.17, 15) is 9.18 Å². The molecule has 2 rings (SSSR count). The molecule has 0 aliphatic carbocycles. The molecule has 22 heavy (non-hydrogen) atoms. The van der Waals surface area contributed by atoms with E-state index < -0.39 is 11.7 Å². The molecule has 1 aromatic carbocycles. The van der Waals surface area contributed by atoms with Gasteiger partial charge in [0.1, 0.15) is 11.6 Å². The van der Waals surface area contributed by atoms with Crippen LogP contribution in [0.25, 0.3) is 0 Å². The van der Waals surface area contributed by atoms with Gasteiger partial charge in [-0.3, -0.25) is 4.79 Å². The highest BCUT2D eigenvalue weighted by molar-refractivity contribution is 6.02. The van der Waals surface area contributed by atoms with Crippen LogP contribution in [0, 0.1) is 11.7 Å². The van der Waals surface area contributed by atoms with E-state index >= 15 is 0 Å². The van der Waals surface area contributed by atoms with Crippen LogP contribution in [0.3, 0.4) is 0 Å². The van der Waals surface area contributed by atoms with Gasteiger partial charge in [0.15, 0.2) is 5.69 Å². The summed E-state index contributed by atoms with van der Waals surface area (Å²) in [7, 11) is 0. The summed E-state index contributed by atoms with van der Waals surface area (Å²) >= 11 is 0. The Kier molecular flexibility index (Phi) is 5.41. The van der Waals surface area contributed by atoms with Crippen molar-refractivity contribution in [1.29, 1.82) is 0 Å². The van der Waals surface area contributed by atoms with Crippen LogP contribution < -0.4 is 10.6 Å². The van der Waals surface area contributed by atoms with Crippen LogP contribution in [0.2, 0.25) is 0 Å². The minimum atomic E-state index is -0.494. The third kappa shape index (κ3) is 4.51. The number of hydrogen-bond acceptors (Lipinski definition) is 4. The summed E-state index contributed by atoms with van der Waals surface area (Å²) in [6.45, 7) is 5.08. The van der Waals surface area contributed by atoms with Gasteiger partial charge < -0.3 is 10.6 Å². The molecule has 1 heterocycles. The van der Waals surface area contributed by atoms with E-state index in [1.54, 1.807) is 24.3 Å². The van der Waals surface area contributed by atoms with Crippen molar-refractivity contribution in [2.45, 2.75) is 20.3 Å². The summed E-state index contributed by atoms with van der Waals surface area (Å²) in [5.74, 6) is 0.233. The lowest BCUT2D eigenvalue weighted by atomic mass is 10.1. The SMILES string of the molecule is CC(C)CCNc1ccc(C(=O)Nc2ccccc2F)nn1. The number of anilines is 2. The topological polar surface area (TPSA) is 66.9 Å². The number of benzene rings is 1. The minimum Gasteiger partial charge on any atom is -0.369 e. The third-order valence-electron chi connectivity index (χ3n) is 3.05. The van der Waals surface area contributed by atoms with Gasteiger partial charge in [0.05, 0.1) is 5.69 Å². The van der Waals surface area contributed by atoms with Crippen LogP contribution in [0.4, 0.5) is 15.9 Å². The zero-order valence-electron chi connectivity index (χ0n) is 12.6. The molecule has 5 nitrogen and oxygen atoms in total. The van der Waals surface area contributed by atoms with Gasteiger partial charge in [-0.15, -0.1) is 10.2 Å². The summed E-state index contributed by atoms with van der Waals surface area (Å²) in [6.07, 6.45) is 1.03. The van der Waals surface area contributed by atoms with Crippen LogP contribution in [0.15, 0.2) is 36.4 Å². The monoisotopic (exact) mass is 302 g/mol. The molecule has 0 fully saturated rings. The molecule has 0 saturated carbocycles. The van der Waals surface area contributed by atoms with Gasteiger partial charge in [0, 0.05) is 6.54 Å². The minimum absolute atomic E-state index is 0.119. The Morgan fingerprint density at radius 1 is 1.18 bits per heavy atom. The van der Waals surface area contributed by atoms with Gasteiger partial charge in [-0.2, -0.15) is 0 Å². The Balaban J connectivity index is 1.95. The second-order valence-corrected chi connectivity index (χ2v) is 5.35. The summed E-state index contributed by atoms with van der Waals surface area (Å²) in [5, 5.41) is 13.4. The Hall–Kier alpha value is -2.50. The Morgan fingerprint density at radius 2 is 1.95 bits per heavy atom. The van der Waals surface area contributed by atoms with Gasteiger partial charge in [-0.25, -0.2) is 4.39 Å². The van der Waals surface area contributed by atoms with Crippen molar-refractivity contribution >= 4 is 17.4 Å². The fourth-order valence-corrected chi connectivity index (χ4v) is 1.79. The van der Waals surface area contributed by atoms with Crippen molar-refractivity contribution in [2.75, 3.05) is 17.2 Å². The maximum Gasteiger partial charge on any atom is 0.276 e. The molecule has 0 unspecified atom stereocenters. The fraction of sp³-hybridized carbons (Fsp3) is 0.312. The highest BCUT2D eigenvalue weighted by Crippen LogP contribution is 2.13. The van der Waals surface area contributed by atoms with Crippen LogP contribution in [-0.4, -0.2) is 22.6 Å². The summed E-state index contributed by atoms with van der Waals surface area (Å²) < 4.78 is 13.5. The standard InChI is InChI=1S/C16H19FN4O/c1-11(2)9-10-18-15-8-7-14(20-21-15)16(22)19-13-6-4-3-5-12(13)17/h3-8,11H,9-10H2,1-2H3,(H,18,21)(H,19,22). The first kappa shape index (κ1) is 15.9. The summed E-state index contributed by atoms with van der Waals surface area (Å²) in [6, 6.07) is 9.21. The average Bonchev–Trinajstić information content (AvgIpc) is 2.50. The molecule has 1 aromatic heterocycles. The number of carbonyl (C=O) groups excluding carboxylic acids is 1. The van der Waals surface area contributed by atoms with Gasteiger partial charge in [-0.05, 0) is 36.6 Å². The van der Waals surface area contributed by atoms with Gasteiger partial charge >= 0.3 is 0 Å². The van der Waals surface area contributed by atoms with Gasteiger partial charge in [0.2, 0.25) is 0 Å². The van der Waals surface area contributed by atoms with Crippen molar-refractivity contribution in [1.82, 2.24) is 10.2 Å². The Labute approximate surface area is 129 Å². The number of hydrogen-bond donors (Lipinski definition) is 2. The van der Waals surface area contributed by atoms with Crippen LogP contribution in [0.5, 0.6) is 0 Å². The van der Waals surface area contributed by atoms with Crippen LogP contribution >= 0.6 is 0 Å². The molecule has 6 heteroatoms. The van der Waals surface area contributed by atoms with Crippen LogP contribution in [-0.2, 0) is 0 Å². The first-order chi connectivity index (χ1) is 10.6. The predicted octanol–water partition coefficient (Wildman–Crippen LogP) is 3.33. The quantitative estimate of drug-likeness (QED) is 0.859. The van der Waals surface area contributed by atoms with E-state index in [0.29, 0.717) is 11.7 Å². The largest absolute Gasteiger partial charge is 0.369 e. The van der Waals surface area contributed by atoms with E-state index in [1.165, 1.54) is 12.1 Å². The Bertz CT molecular complexity index is 628. The third-order valence-corrected chi connectivity index (χ3v) is 3.05. The van der Waals surface area contributed by atoms with Gasteiger partial charge in [0.25, 0.3) is 5.91 Å².